The van der Waals surface area contributed by atoms with Crippen LogP contribution < -0.4 is 4.74 Å². The molecule has 0 spiro atoms. The topological polar surface area (TPSA) is 57.1 Å². The number of hydrogen-bond donors (Lipinski definition) is 0. The van der Waals surface area contributed by atoms with Gasteiger partial charge in [-0.2, -0.15) is 0 Å². The summed E-state index contributed by atoms with van der Waals surface area (Å²) in [6.45, 7) is 3.55. The van der Waals surface area contributed by atoms with E-state index >= 15 is 0 Å². The zero-order valence-corrected chi connectivity index (χ0v) is 15.5. The van der Waals surface area contributed by atoms with Gasteiger partial charge in [0, 0.05) is 47.1 Å². The van der Waals surface area contributed by atoms with Gasteiger partial charge in [0.1, 0.15) is 11.1 Å². The minimum atomic E-state index is 0.0950. The van der Waals surface area contributed by atoms with Gasteiger partial charge in [-0.1, -0.05) is 13.3 Å². The second-order valence-electron chi connectivity index (χ2n) is 6.31. The summed E-state index contributed by atoms with van der Waals surface area (Å²) < 4.78 is 11.3. The van der Waals surface area contributed by atoms with E-state index in [0.717, 1.165) is 53.4 Å². The lowest BCUT2D eigenvalue weighted by molar-refractivity contribution is 0.138. The fraction of sp³-hybridized carbons (Fsp3) is 0.350. The number of thiazole rings is 1. The maximum Gasteiger partial charge on any atom is 0.214 e. The lowest BCUT2D eigenvalue weighted by Gasteiger charge is -2.11. The van der Waals surface area contributed by atoms with E-state index in [1.807, 2.05) is 24.4 Å². The van der Waals surface area contributed by atoms with Crippen molar-refractivity contribution in [2.45, 2.75) is 32.3 Å². The third-order valence-electron chi connectivity index (χ3n) is 4.28. The van der Waals surface area contributed by atoms with Gasteiger partial charge in [-0.05, 0) is 24.6 Å². The molecule has 26 heavy (non-hydrogen) atoms. The van der Waals surface area contributed by atoms with Gasteiger partial charge in [0.05, 0.1) is 18.9 Å². The van der Waals surface area contributed by atoms with Gasteiger partial charge >= 0.3 is 0 Å². The molecule has 0 bridgehead atoms. The summed E-state index contributed by atoms with van der Waals surface area (Å²) >= 11 is 1.64. The molecule has 134 valence electrons. The Kier molecular flexibility index (Phi) is 5.22. The van der Waals surface area contributed by atoms with Gasteiger partial charge in [-0.15, -0.1) is 11.3 Å². The van der Waals surface area contributed by atoms with Crippen molar-refractivity contribution in [3.05, 3.63) is 47.7 Å². The molecule has 1 fully saturated rings. The Labute approximate surface area is 157 Å². The minimum absolute atomic E-state index is 0.0950. The first-order chi connectivity index (χ1) is 12.8. The van der Waals surface area contributed by atoms with Crippen LogP contribution in [0.2, 0.25) is 0 Å². The van der Waals surface area contributed by atoms with Gasteiger partial charge in [0.2, 0.25) is 5.88 Å². The Morgan fingerprint density at radius 3 is 2.92 bits per heavy atom. The summed E-state index contributed by atoms with van der Waals surface area (Å²) in [6, 6.07) is 8.06. The van der Waals surface area contributed by atoms with Crippen LogP contribution in [-0.4, -0.2) is 34.3 Å². The molecule has 1 aliphatic rings. The van der Waals surface area contributed by atoms with E-state index in [1.54, 1.807) is 17.5 Å². The molecular formula is C20H21N3O2S. The Morgan fingerprint density at radius 2 is 2.08 bits per heavy atom. The van der Waals surface area contributed by atoms with Crippen LogP contribution in [0.3, 0.4) is 0 Å². The second-order valence-corrected chi connectivity index (χ2v) is 7.17. The number of rotatable bonds is 6. The lowest BCUT2D eigenvalue weighted by atomic mass is 10.1. The van der Waals surface area contributed by atoms with Crippen LogP contribution >= 0.6 is 11.3 Å². The van der Waals surface area contributed by atoms with Crippen molar-refractivity contribution >= 4 is 11.3 Å². The number of hydrogen-bond acceptors (Lipinski definition) is 6. The fourth-order valence-electron chi connectivity index (χ4n) is 2.95. The molecule has 0 N–H and O–H groups in total. The molecule has 1 saturated heterocycles. The third-order valence-corrected chi connectivity index (χ3v) is 5.17. The summed E-state index contributed by atoms with van der Waals surface area (Å²) in [7, 11) is 0. The molecule has 6 heteroatoms. The van der Waals surface area contributed by atoms with Crippen LogP contribution in [0.25, 0.3) is 21.8 Å². The molecule has 1 unspecified atom stereocenters. The SMILES string of the molecule is CCCc1cc(-c2nc(-c3ccnc(OC4CCOC4)c3)cs2)ccn1. The standard InChI is InChI=1S/C20H21N3O2S/c1-2-3-16-10-15(5-7-21-16)20-23-18(13-26-20)14-4-8-22-19(11-14)25-17-6-9-24-12-17/h4-5,7-8,10-11,13,17H,2-3,6,9,12H2,1H3. The first kappa shape index (κ1) is 17.1. The highest BCUT2D eigenvalue weighted by molar-refractivity contribution is 7.13. The molecule has 1 aliphatic heterocycles. The molecule has 3 aromatic rings. The first-order valence-corrected chi connectivity index (χ1v) is 9.81. The minimum Gasteiger partial charge on any atom is -0.472 e. The average Bonchev–Trinajstić information content (AvgIpc) is 3.34. The van der Waals surface area contributed by atoms with E-state index in [4.69, 9.17) is 14.5 Å². The van der Waals surface area contributed by atoms with E-state index in [1.165, 1.54) is 0 Å². The highest BCUT2D eigenvalue weighted by Gasteiger charge is 2.18. The molecule has 0 aliphatic carbocycles. The van der Waals surface area contributed by atoms with Crippen molar-refractivity contribution in [1.82, 2.24) is 15.0 Å². The Bertz CT molecular complexity index is 875. The van der Waals surface area contributed by atoms with E-state index in [9.17, 15) is 0 Å². The van der Waals surface area contributed by atoms with Crippen molar-refractivity contribution in [3.63, 3.8) is 0 Å². The van der Waals surface area contributed by atoms with E-state index < -0.39 is 0 Å². The van der Waals surface area contributed by atoms with Crippen LogP contribution in [-0.2, 0) is 11.2 Å². The van der Waals surface area contributed by atoms with E-state index in [0.29, 0.717) is 12.5 Å². The third kappa shape index (κ3) is 3.92. The molecule has 0 aromatic carbocycles. The number of pyridine rings is 2. The lowest BCUT2D eigenvalue weighted by Crippen LogP contribution is -2.16. The fourth-order valence-corrected chi connectivity index (χ4v) is 3.78. The van der Waals surface area contributed by atoms with Gasteiger partial charge in [0.25, 0.3) is 0 Å². The maximum absolute atomic E-state index is 5.90. The highest BCUT2D eigenvalue weighted by Crippen LogP contribution is 2.30. The zero-order valence-electron chi connectivity index (χ0n) is 14.7. The van der Waals surface area contributed by atoms with Crippen molar-refractivity contribution in [1.29, 1.82) is 0 Å². The molecule has 5 nitrogen and oxygen atoms in total. The smallest absolute Gasteiger partial charge is 0.214 e. The van der Waals surface area contributed by atoms with E-state index in [2.05, 4.69) is 28.3 Å². The van der Waals surface area contributed by atoms with Crippen LogP contribution in [0.1, 0.15) is 25.5 Å². The molecule has 0 saturated carbocycles. The largest absolute Gasteiger partial charge is 0.472 e. The second kappa shape index (κ2) is 7.93. The monoisotopic (exact) mass is 367 g/mol. The van der Waals surface area contributed by atoms with Gasteiger partial charge < -0.3 is 9.47 Å². The number of nitrogens with zero attached hydrogens (tertiary/aromatic N) is 3. The van der Waals surface area contributed by atoms with Gasteiger partial charge in [-0.25, -0.2) is 9.97 Å². The van der Waals surface area contributed by atoms with Crippen LogP contribution in [0, 0.1) is 0 Å². The van der Waals surface area contributed by atoms with Gasteiger partial charge in [-0.3, -0.25) is 4.98 Å². The molecule has 4 rings (SSSR count). The summed E-state index contributed by atoms with van der Waals surface area (Å²) in [5.41, 5.74) is 4.18. The maximum atomic E-state index is 5.90. The van der Waals surface area contributed by atoms with Crippen molar-refractivity contribution < 1.29 is 9.47 Å². The molecule has 0 radical (unpaired) electrons. The average molecular weight is 367 g/mol. The predicted octanol–water partition coefficient (Wildman–Crippen LogP) is 4.39. The summed E-state index contributed by atoms with van der Waals surface area (Å²) in [5, 5.41) is 3.08. The Hall–Kier alpha value is -2.31. The van der Waals surface area contributed by atoms with Crippen molar-refractivity contribution in [2.75, 3.05) is 13.2 Å². The van der Waals surface area contributed by atoms with Crippen LogP contribution in [0.15, 0.2) is 42.0 Å². The number of aryl methyl sites for hydroxylation is 1. The quantitative estimate of drug-likeness (QED) is 0.647. The molecule has 3 aromatic heterocycles. The number of aromatic nitrogens is 3. The Balaban J connectivity index is 1.55. The van der Waals surface area contributed by atoms with Crippen molar-refractivity contribution in [2.24, 2.45) is 0 Å². The van der Waals surface area contributed by atoms with Crippen molar-refractivity contribution in [3.8, 4) is 27.7 Å². The summed E-state index contributed by atoms with van der Waals surface area (Å²) in [4.78, 5) is 13.5. The Morgan fingerprint density at radius 1 is 1.19 bits per heavy atom. The molecular weight excluding hydrogens is 346 g/mol. The normalized spacial score (nSPS) is 16.7. The van der Waals surface area contributed by atoms with Crippen LogP contribution in [0.5, 0.6) is 5.88 Å². The van der Waals surface area contributed by atoms with E-state index in [-0.39, 0.29) is 6.10 Å². The zero-order chi connectivity index (χ0) is 17.8. The molecule has 4 heterocycles. The summed E-state index contributed by atoms with van der Waals surface area (Å²) in [5.74, 6) is 0.627. The van der Waals surface area contributed by atoms with Gasteiger partial charge in [0.15, 0.2) is 0 Å². The highest BCUT2D eigenvalue weighted by atomic mass is 32.1. The summed E-state index contributed by atoms with van der Waals surface area (Å²) in [6.07, 6.45) is 6.72. The number of ether oxygens (including phenoxy) is 2. The molecule has 1 atom stereocenters. The first-order valence-electron chi connectivity index (χ1n) is 8.93. The predicted molar refractivity (Wildman–Crippen MR) is 102 cm³/mol. The van der Waals surface area contributed by atoms with Crippen LogP contribution in [0.4, 0.5) is 0 Å². The molecule has 0 amide bonds.